The average Bonchev–Trinajstić information content (AvgIpc) is 2.64. The van der Waals surface area contributed by atoms with E-state index in [1.165, 1.54) is 24.3 Å². The lowest BCUT2D eigenvalue weighted by molar-refractivity contribution is 0.0951. The lowest BCUT2D eigenvalue weighted by Gasteiger charge is -2.20. The Labute approximate surface area is 141 Å². The van der Waals surface area contributed by atoms with Crippen LogP contribution in [-0.4, -0.2) is 16.8 Å². The molecule has 1 atom stereocenters. The van der Waals surface area contributed by atoms with E-state index in [-0.39, 0.29) is 11.3 Å². The normalized spacial score (nSPS) is 17.7. The van der Waals surface area contributed by atoms with Gasteiger partial charge in [-0.15, -0.1) is 23.2 Å². The Morgan fingerprint density at radius 1 is 1.04 bits per heavy atom. The Hall–Kier alpha value is -2.11. The van der Waals surface area contributed by atoms with Gasteiger partial charge in [0.2, 0.25) is 0 Å². The van der Waals surface area contributed by atoms with Crippen LogP contribution in [0.2, 0.25) is 0 Å². The molecule has 3 rings (SSSR count). The average molecular weight is 354 g/mol. The first-order valence-corrected chi connectivity index (χ1v) is 7.54. The highest BCUT2D eigenvalue weighted by Crippen LogP contribution is 2.36. The zero-order valence-corrected chi connectivity index (χ0v) is 13.1. The summed E-state index contributed by atoms with van der Waals surface area (Å²) in [4.78, 5) is 24.7. The van der Waals surface area contributed by atoms with E-state index >= 15 is 0 Å². The molecular formula is C16H10Cl2FNO3. The molecule has 0 N–H and O–H groups in total. The molecule has 0 saturated heterocycles. The number of anilines is 1. The molecule has 0 fully saturated rings. The van der Waals surface area contributed by atoms with Crippen LogP contribution in [-0.2, 0) is 4.74 Å². The number of fused-ring (bicyclic) bond motifs is 1. The molecule has 0 aromatic heterocycles. The number of carbonyl (C=O) groups is 2. The smallest absolute Gasteiger partial charge is 0.422 e. The molecule has 0 aliphatic carbocycles. The van der Waals surface area contributed by atoms with Crippen LogP contribution >= 0.6 is 23.2 Å². The topological polar surface area (TPSA) is 46.6 Å². The second-order valence-electron chi connectivity index (χ2n) is 4.82. The van der Waals surface area contributed by atoms with E-state index in [1.807, 2.05) is 0 Å². The molecular weight excluding hydrogens is 344 g/mol. The second-order valence-corrected chi connectivity index (χ2v) is 5.98. The van der Waals surface area contributed by atoms with E-state index in [4.69, 9.17) is 27.9 Å². The minimum atomic E-state index is -1.08. The van der Waals surface area contributed by atoms with Crippen LogP contribution < -0.4 is 4.90 Å². The first-order chi connectivity index (χ1) is 11.0. The SMILES string of the molecule is O=C1OC(C(Cl)Cl)c2ccccc2C(=O)N1c1ccccc1F. The predicted octanol–water partition coefficient (Wildman–Crippen LogP) is 4.47. The summed E-state index contributed by atoms with van der Waals surface area (Å²) in [6, 6.07) is 11.8. The summed E-state index contributed by atoms with van der Waals surface area (Å²) in [6.07, 6.45) is -2.06. The fourth-order valence-electron chi connectivity index (χ4n) is 2.40. The fourth-order valence-corrected chi connectivity index (χ4v) is 2.77. The third kappa shape index (κ3) is 2.78. The van der Waals surface area contributed by atoms with Crippen molar-refractivity contribution in [2.45, 2.75) is 10.9 Å². The molecule has 4 nitrogen and oxygen atoms in total. The molecule has 23 heavy (non-hydrogen) atoms. The summed E-state index contributed by atoms with van der Waals surface area (Å²) in [5.74, 6) is -1.42. The lowest BCUT2D eigenvalue weighted by atomic mass is 10.0. The van der Waals surface area contributed by atoms with Crippen LogP contribution in [0.5, 0.6) is 0 Å². The van der Waals surface area contributed by atoms with Crippen molar-refractivity contribution in [2.75, 3.05) is 4.90 Å². The van der Waals surface area contributed by atoms with Gasteiger partial charge in [-0.1, -0.05) is 30.3 Å². The van der Waals surface area contributed by atoms with Crippen molar-refractivity contribution in [1.29, 1.82) is 0 Å². The van der Waals surface area contributed by atoms with Gasteiger partial charge in [-0.2, -0.15) is 0 Å². The summed E-state index contributed by atoms with van der Waals surface area (Å²) in [6.45, 7) is 0. The summed E-state index contributed by atoms with van der Waals surface area (Å²) in [7, 11) is 0. The number of benzene rings is 2. The van der Waals surface area contributed by atoms with Crippen molar-refractivity contribution in [1.82, 2.24) is 0 Å². The van der Waals surface area contributed by atoms with E-state index in [1.54, 1.807) is 18.2 Å². The zero-order chi connectivity index (χ0) is 16.6. The molecule has 0 spiro atoms. The van der Waals surface area contributed by atoms with Gasteiger partial charge in [0.25, 0.3) is 5.91 Å². The Morgan fingerprint density at radius 2 is 1.70 bits per heavy atom. The Bertz CT molecular complexity index is 781. The molecule has 2 amide bonds. The van der Waals surface area contributed by atoms with Gasteiger partial charge in [0.1, 0.15) is 10.7 Å². The van der Waals surface area contributed by atoms with E-state index in [2.05, 4.69) is 0 Å². The molecule has 0 radical (unpaired) electrons. The number of hydrogen-bond donors (Lipinski definition) is 0. The molecule has 0 bridgehead atoms. The number of hydrogen-bond acceptors (Lipinski definition) is 3. The maximum absolute atomic E-state index is 14.0. The highest BCUT2D eigenvalue weighted by molar-refractivity contribution is 6.44. The third-order valence-corrected chi connectivity index (χ3v) is 3.89. The summed E-state index contributed by atoms with van der Waals surface area (Å²) >= 11 is 11.8. The van der Waals surface area contributed by atoms with Crippen LogP contribution in [0.15, 0.2) is 48.5 Å². The summed E-state index contributed by atoms with van der Waals surface area (Å²) < 4.78 is 19.3. The largest absolute Gasteiger partial charge is 0.438 e. The third-order valence-electron chi connectivity index (χ3n) is 3.43. The van der Waals surface area contributed by atoms with Gasteiger partial charge in [-0.3, -0.25) is 4.79 Å². The van der Waals surface area contributed by atoms with Gasteiger partial charge in [0.15, 0.2) is 6.10 Å². The second kappa shape index (κ2) is 6.18. The van der Waals surface area contributed by atoms with Gasteiger partial charge < -0.3 is 4.74 Å². The van der Waals surface area contributed by atoms with Gasteiger partial charge in [-0.05, 0) is 18.2 Å². The van der Waals surface area contributed by atoms with E-state index in [9.17, 15) is 14.0 Å². The highest BCUT2D eigenvalue weighted by atomic mass is 35.5. The number of imide groups is 1. The molecule has 2 aromatic rings. The number of alkyl halides is 2. The highest BCUT2D eigenvalue weighted by Gasteiger charge is 2.39. The van der Waals surface area contributed by atoms with Gasteiger partial charge in [0.05, 0.1) is 5.69 Å². The Balaban J connectivity index is 2.17. The molecule has 0 saturated carbocycles. The quantitative estimate of drug-likeness (QED) is 0.748. The number of para-hydroxylation sites is 1. The van der Waals surface area contributed by atoms with Crippen molar-refractivity contribution in [3.8, 4) is 0 Å². The number of amides is 2. The van der Waals surface area contributed by atoms with Crippen LogP contribution in [0, 0.1) is 5.82 Å². The molecule has 1 unspecified atom stereocenters. The molecule has 7 heteroatoms. The van der Waals surface area contributed by atoms with Crippen LogP contribution in [0.1, 0.15) is 22.0 Å². The first-order valence-electron chi connectivity index (χ1n) is 6.67. The van der Waals surface area contributed by atoms with Crippen molar-refractivity contribution >= 4 is 40.9 Å². The lowest BCUT2D eigenvalue weighted by Crippen LogP contribution is -2.36. The Kier molecular flexibility index (Phi) is 4.24. The Morgan fingerprint density at radius 3 is 2.39 bits per heavy atom. The number of rotatable bonds is 2. The molecule has 2 aromatic carbocycles. The summed E-state index contributed by atoms with van der Waals surface area (Å²) in [5, 5.41) is 0. The number of cyclic esters (lactones) is 1. The molecule has 1 heterocycles. The maximum atomic E-state index is 14.0. The predicted molar refractivity (Wildman–Crippen MR) is 84.4 cm³/mol. The molecule has 1 aliphatic rings. The van der Waals surface area contributed by atoms with Crippen molar-refractivity contribution in [3.63, 3.8) is 0 Å². The minimum Gasteiger partial charge on any atom is -0.438 e. The van der Waals surface area contributed by atoms with Gasteiger partial charge in [0, 0.05) is 11.1 Å². The number of nitrogens with zero attached hydrogens (tertiary/aromatic N) is 1. The minimum absolute atomic E-state index is 0.179. The summed E-state index contributed by atoms with van der Waals surface area (Å²) in [5.41, 5.74) is 0.358. The van der Waals surface area contributed by atoms with Gasteiger partial charge in [-0.25, -0.2) is 14.1 Å². The molecule has 118 valence electrons. The monoisotopic (exact) mass is 353 g/mol. The van der Waals surface area contributed by atoms with Crippen molar-refractivity contribution in [2.24, 2.45) is 0 Å². The van der Waals surface area contributed by atoms with Crippen molar-refractivity contribution in [3.05, 3.63) is 65.5 Å². The standard InChI is InChI=1S/C16H10Cl2FNO3/c17-14(18)13-9-5-1-2-6-10(9)15(21)20(16(22)23-13)12-8-4-3-7-11(12)19/h1-8,13-14H. The zero-order valence-electron chi connectivity index (χ0n) is 11.6. The number of ether oxygens (including phenoxy) is 1. The van der Waals surface area contributed by atoms with Crippen molar-refractivity contribution < 1.29 is 18.7 Å². The maximum Gasteiger partial charge on any atom is 0.422 e. The van der Waals surface area contributed by atoms with Crippen LogP contribution in [0.25, 0.3) is 0 Å². The van der Waals surface area contributed by atoms with Crippen LogP contribution in [0.4, 0.5) is 14.9 Å². The van der Waals surface area contributed by atoms with Gasteiger partial charge >= 0.3 is 6.09 Å². The number of carbonyl (C=O) groups excluding carboxylic acids is 2. The van der Waals surface area contributed by atoms with E-state index < -0.39 is 28.8 Å². The van der Waals surface area contributed by atoms with E-state index in [0.717, 1.165) is 6.07 Å². The number of halogens is 3. The fraction of sp³-hybridized carbons (Fsp3) is 0.125. The van der Waals surface area contributed by atoms with E-state index in [0.29, 0.717) is 10.5 Å². The first kappa shape index (κ1) is 15.8. The molecule has 1 aliphatic heterocycles. The van der Waals surface area contributed by atoms with Crippen LogP contribution in [0.3, 0.4) is 0 Å².